The van der Waals surface area contributed by atoms with Crippen LogP contribution in [0.2, 0.25) is 0 Å². The van der Waals surface area contributed by atoms with Gasteiger partial charge in [0, 0.05) is 19.2 Å². The predicted molar refractivity (Wildman–Crippen MR) is 111 cm³/mol. The molecule has 0 radical (unpaired) electrons. The highest BCUT2D eigenvalue weighted by Gasteiger charge is 2.19. The monoisotopic (exact) mass is 427 g/mol. The second-order valence-corrected chi connectivity index (χ2v) is 8.17. The molecule has 29 heavy (non-hydrogen) atoms. The highest BCUT2D eigenvalue weighted by Crippen LogP contribution is 2.28. The molecule has 0 aromatic carbocycles. The molecular weight excluding hydrogens is 410 g/mol. The number of hydrogen-bond donors (Lipinski definition) is 1. The number of nitrogens with zero attached hydrogens (tertiary/aromatic N) is 4. The number of carbonyl (C=O) groups excluding carboxylic acids is 1. The number of nitriles is 1. The van der Waals surface area contributed by atoms with Crippen molar-refractivity contribution in [1.29, 1.82) is 5.26 Å². The molecule has 4 heterocycles. The second-order valence-electron chi connectivity index (χ2n) is 6.23. The summed E-state index contributed by atoms with van der Waals surface area (Å²) >= 11 is 2.77. The van der Waals surface area contributed by atoms with Gasteiger partial charge in [0.15, 0.2) is 5.09 Å². The number of amides is 1. The number of furan rings is 2. The molecule has 3 aromatic rings. The molecule has 0 bridgehead atoms. The lowest BCUT2D eigenvalue weighted by atomic mass is 10.2. The predicted octanol–water partition coefficient (Wildman–Crippen LogP) is 4.16. The summed E-state index contributed by atoms with van der Waals surface area (Å²) in [6, 6.07) is 9.13. The largest absolute Gasteiger partial charge is 0.468 e. The van der Waals surface area contributed by atoms with Gasteiger partial charge in [-0.05, 0) is 37.1 Å². The minimum atomic E-state index is -0.544. The van der Waals surface area contributed by atoms with Crippen LogP contribution in [-0.4, -0.2) is 29.2 Å². The van der Waals surface area contributed by atoms with Crippen molar-refractivity contribution >= 4 is 45.3 Å². The van der Waals surface area contributed by atoms with Gasteiger partial charge in [-0.1, -0.05) is 23.1 Å². The van der Waals surface area contributed by atoms with Gasteiger partial charge in [-0.25, -0.2) is 0 Å². The van der Waals surface area contributed by atoms with Crippen LogP contribution in [0.25, 0.3) is 6.08 Å². The SMILES string of the molecule is N#CC(=Cc1ccc(SCc2ccco2)o1)C(=O)Nc1nnc(N2CCCC2)s1. The zero-order valence-corrected chi connectivity index (χ0v) is 17.0. The Labute approximate surface area is 175 Å². The highest BCUT2D eigenvalue weighted by atomic mass is 32.2. The van der Waals surface area contributed by atoms with Crippen molar-refractivity contribution in [1.82, 2.24) is 10.2 Å². The van der Waals surface area contributed by atoms with E-state index in [0.29, 0.717) is 21.7 Å². The molecule has 1 saturated heterocycles. The number of rotatable bonds is 7. The highest BCUT2D eigenvalue weighted by molar-refractivity contribution is 7.98. The van der Waals surface area contributed by atoms with E-state index in [9.17, 15) is 10.1 Å². The summed E-state index contributed by atoms with van der Waals surface area (Å²) < 4.78 is 11.0. The van der Waals surface area contributed by atoms with E-state index in [1.54, 1.807) is 18.4 Å². The summed E-state index contributed by atoms with van der Waals surface area (Å²) in [6.07, 6.45) is 5.30. The van der Waals surface area contributed by atoms with Gasteiger partial charge in [-0.2, -0.15) is 5.26 Å². The Morgan fingerprint density at radius 1 is 1.34 bits per heavy atom. The quantitative estimate of drug-likeness (QED) is 0.340. The molecule has 4 rings (SSSR count). The molecule has 1 amide bonds. The maximum Gasteiger partial charge on any atom is 0.268 e. The van der Waals surface area contributed by atoms with Crippen molar-refractivity contribution in [2.75, 3.05) is 23.3 Å². The van der Waals surface area contributed by atoms with Gasteiger partial charge in [-0.3, -0.25) is 10.1 Å². The molecule has 1 aliphatic heterocycles. The molecule has 3 aromatic heterocycles. The number of nitrogens with one attached hydrogen (secondary N) is 1. The Balaban J connectivity index is 1.38. The summed E-state index contributed by atoms with van der Waals surface area (Å²) in [5, 5.41) is 21.9. The van der Waals surface area contributed by atoms with Gasteiger partial charge >= 0.3 is 0 Å². The third-order valence-electron chi connectivity index (χ3n) is 4.20. The minimum Gasteiger partial charge on any atom is -0.468 e. The van der Waals surface area contributed by atoms with Crippen LogP contribution < -0.4 is 10.2 Å². The normalized spacial score (nSPS) is 14.2. The van der Waals surface area contributed by atoms with E-state index < -0.39 is 5.91 Å². The van der Waals surface area contributed by atoms with Crippen LogP contribution in [-0.2, 0) is 10.5 Å². The Kier molecular flexibility index (Phi) is 5.97. The number of aromatic nitrogens is 2. The van der Waals surface area contributed by atoms with Crippen LogP contribution in [0.5, 0.6) is 0 Å². The van der Waals surface area contributed by atoms with Crippen LogP contribution in [0.3, 0.4) is 0 Å². The number of carbonyl (C=O) groups is 1. The first-order chi connectivity index (χ1) is 14.2. The van der Waals surface area contributed by atoms with Crippen LogP contribution in [0.4, 0.5) is 10.3 Å². The lowest BCUT2D eigenvalue weighted by Gasteiger charge is -2.10. The first-order valence-corrected chi connectivity index (χ1v) is 10.8. The van der Waals surface area contributed by atoms with E-state index in [0.717, 1.165) is 36.8 Å². The van der Waals surface area contributed by atoms with E-state index >= 15 is 0 Å². The van der Waals surface area contributed by atoms with Crippen molar-refractivity contribution in [2.24, 2.45) is 0 Å². The summed E-state index contributed by atoms with van der Waals surface area (Å²) in [6.45, 7) is 1.90. The zero-order valence-electron chi connectivity index (χ0n) is 15.3. The van der Waals surface area contributed by atoms with E-state index in [1.165, 1.54) is 29.2 Å². The fourth-order valence-corrected chi connectivity index (χ4v) is 4.34. The number of hydrogen-bond acceptors (Lipinski definition) is 9. The van der Waals surface area contributed by atoms with E-state index in [2.05, 4.69) is 20.4 Å². The number of thioether (sulfide) groups is 1. The molecule has 0 saturated carbocycles. The smallest absolute Gasteiger partial charge is 0.268 e. The molecule has 10 heteroatoms. The molecule has 1 fully saturated rings. The Morgan fingerprint density at radius 2 is 2.21 bits per heavy atom. The van der Waals surface area contributed by atoms with Crippen LogP contribution in [0.15, 0.2) is 50.0 Å². The zero-order chi connectivity index (χ0) is 20.1. The van der Waals surface area contributed by atoms with Crippen LogP contribution in [0.1, 0.15) is 24.4 Å². The molecule has 8 nitrogen and oxygen atoms in total. The van der Waals surface area contributed by atoms with Gasteiger partial charge in [0.2, 0.25) is 10.3 Å². The maximum absolute atomic E-state index is 12.4. The van der Waals surface area contributed by atoms with E-state index in [4.69, 9.17) is 8.83 Å². The first-order valence-electron chi connectivity index (χ1n) is 8.98. The maximum atomic E-state index is 12.4. The van der Waals surface area contributed by atoms with Gasteiger partial charge in [0.1, 0.15) is 23.2 Å². The standard InChI is InChI=1S/C19H17N5O3S2/c20-11-13(10-14-5-6-16(27-14)28-12-15-4-3-9-26-15)17(25)21-18-22-23-19(29-18)24-7-1-2-8-24/h3-6,9-10H,1-2,7-8,12H2,(H,21,22,25). The fourth-order valence-electron chi connectivity index (χ4n) is 2.78. The molecule has 0 atom stereocenters. The molecular formula is C19H17N5O3S2. The summed E-state index contributed by atoms with van der Waals surface area (Å²) in [5.74, 6) is 1.35. The van der Waals surface area contributed by atoms with Gasteiger partial charge in [-0.15, -0.1) is 10.2 Å². The van der Waals surface area contributed by atoms with Crippen LogP contribution in [0, 0.1) is 11.3 Å². The Hall–Kier alpha value is -3.03. The second kappa shape index (κ2) is 8.98. The first kappa shape index (κ1) is 19.3. The van der Waals surface area contributed by atoms with Crippen molar-refractivity contribution in [3.05, 3.63) is 47.6 Å². The van der Waals surface area contributed by atoms with Crippen molar-refractivity contribution in [3.8, 4) is 6.07 Å². The molecule has 0 spiro atoms. The van der Waals surface area contributed by atoms with Gasteiger partial charge < -0.3 is 13.7 Å². The lowest BCUT2D eigenvalue weighted by Crippen LogP contribution is -2.17. The lowest BCUT2D eigenvalue weighted by molar-refractivity contribution is -0.112. The molecule has 0 unspecified atom stereocenters. The molecule has 1 aliphatic rings. The average Bonchev–Trinajstić information content (AvgIpc) is 3.52. The minimum absolute atomic E-state index is 0.0696. The molecule has 1 N–H and O–H groups in total. The van der Waals surface area contributed by atoms with Gasteiger partial charge in [0.25, 0.3) is 5.91 Å². The van der Waals surface area contributed by atoms with Crippen molar-refractivity contribution < 1.29 is 13.6 Å². The third kappa shape index (κ3) is 4.88. The molecule has 0 aliphatic carbocycles. The van der Waals surface area contributed by atoms with Crippen molar-refractivity contribution in [2.45, 2.75) is 23.7 Å². The topological polar surface area (TPSA) is 108 Å². The number of anilines is 2. The fraction of sp³-hybridized carbons (Fsp3) is 0.263. The summed E-state index contributed by atoms with van der Waals surface area (Å²) in [7, 11) is 0. The summed E-state index contributed by atoms with van der Waals surface area (Å²) in [5.41, 5.74) is -0.0696. The van der Waals surface area contributed by atoms with Crippen molar-refractivity contribution in [3.63, 3.8) is 0 Å². The average molecular weight is 428 g/mol. The van der Waals surface area contributed by atoms with Crippen LogP contribution >= 0.6 is 23.1 Å². The third-order valence-corrected chi connectivity index (χ3v) is 6.03. The van der Waals surface area contributed by atoms with E-state index in [-0.39, 0.29) is 5.57 Å². The Morgan fingerprint density at radius 3 is 2.97 bits per heavy atom. The Bertz CT molecular complexity index is 1040. The summed E-state index contributed by atoms with van der Waals surface area (Å²) in [4.78, 5) is 14.6. The van der Waals surface area contributed by atoms with Gasteiger partial charge in [0.05, 0.1) is 12.0 Å². The van der Waals surface area contributed by atoms with E-state index in [1.807, 2.05) is 18.2 Å². The molecule has 148 valence electrons.